The SMILES string of the molecule is Cc1ccc(C2OCCCC2NC(=O)C2CCNCC2)cc1.Cl. The first-order chi connectivity index (χ1) is 10.7. The van der Waals surface area contributed by atoms with E-state index in [0.29, 0.717) is 0 Å². The number of nitrogens with one attached hydrogen (secondary N) is 2. The summed E-state index contributed by atoms with van der Waals surface area (Å²) in [5.41, 5.74) is 2.41. The Morgan fingerprint density at radius 1 is 1.17 bits per heavy atom. The summed E-state index contributed by atoms with van der Waals surface area (Å²) in [7, 11) is 0. The van der Waals surface area contributed by atoms with E-state index in [-0.39, 0.29) is 36.4 Å². The summed E-state index contributed by atoms with van der Waals surface area (Å²) in [4.78, 5) is 12.5. The molecule has 1 aromatic carbocycles. The monoisotopic (exact) mass is 338 g/mol. The highest BCUT2D eigenvalue weighted by Crippen LogP contribution is 2.29. The predicted octanol–water partition coefficient (Wildman–Crippen LogP) is 2.75. The van der Waals surface area contributed by atoms with Crippen LogP contribution in [0.25, 0.3) is 0 Å². The summed E-state index contributed by atoms with van der Waals surface area (Å²) in [6, 6.07) is 8.56. The normalized spacial score (nSPS) is 25.4. The maximum Gasteiger partial charge on any atom is 0.223 e. The van der Waals surface area contributed by atoms with Crippen LogP contribution in [-0.4, -0.2) is 31.6 Å². The molecule has 0 radical (unpaired) electrons. The number of rotatable bonds is 3. The van der Waals surface area contributed by atoms with Crippen LogP contribution in [0.5, 0.6) is 0 Å². The lowest BCUT2D eigenvalue weighted by molar-refractivity contribution is -0.128. The first kappa shape index (κ1) is 18.2. The summed E-state index contributed by atoms with van der Waals surface area (Å²) >= 11 is 0. The lowest BCUT2D eigenvalue weighted by atomic mass is 9.93. The standard InChI is InChI=1S/C18H26N2O2.ClH/c1-13-4-6-14(7-5-13)17-16(3-2-12-22-17)20-18(21)15-8-10-19-11-9-15;/h4-7,15-17,19H,2-3,8-12H2,1H3,(H,20,21);1H. The van der Waals surface area contributed by atoms with Crippen LogP contribution in [0.1, 0.15) is 42.9 Å². The molecule has 2 aliphatic rings. The highest BCUT2D eigenvalue weighted by Gasteiger charge is 2.31. The Bertz CT molecular complexity index is 500. The van der Waals surface area contributed by atoms with E-state index >= 15 is 0 Å². The first-order valence-corrected chi connectivity index (χ1v) is 8.43. The fraction of sp³-hybridized carbons (Fsp3) is 0.611. The molecule has 0 aliphatic carbocycles. The maximum atomic E-state index is 12.5. The minimum Gasteiger partial charge on any atom is -0.371 e. The minimum atomic E-state index is -0.0139. The Morgan fingerprint density at radius 2 is 1.87 bits per heavy atom. The molecule has 1 aromatic rings. The van der Waals surface area contributed by atoms with Crippen molar-refractivity contribution < 1.29 is 9.53 Å². The van der Waals surface area contributed by atoms with Crippen LogP contribution in [0.2, 0.25) is 0 Å². The zero-order valence-corrected chi connectivity index (χ0v) is 14.5. The van der Waals surface area contributed by atoms with Crippen LogP contribution in [0, 0.1) is 12.8 Å². The van der Waals surface area contributed by atoms with Gasteiger partial charge < -0.3 is 15.4 Å². The van der Waals surface area contributed by atoms with E-state index in [2.05, 4.69) is 41.8 Å². The number of carbonyl (C=O) groups is 1. The van der Waals surface area contributed by atoms with Gasteiger partial charge in [0.05, 0.1) is 6.04 Å². The molecule has 2 heterocycles. The maximum absolute atomic E-state index is 12.5. The number of carbonyl (C=O) groups excluding carboxylic acids is 1. The molecule has 0 bridgehead atoms. The summed E-state index contributed by atoms with van der Waals surface area (Å²) < 4.78 is 5.98. The largest absolute Gasteiger partial charge is 0.371 e. The van der Waals surface area contributed by atoms with Gasteiger partial charge in [-0.2, -0.15) is 0 Å². The molecule has 3 rings (SSSR count). The fourth-order valence-electron chi connectivity index (χ4n) is 3.40. The van der Waals surface area contributed by atoms with Gasteiger partial charge in [0, 0.05) is 12.5 Å². The van der Waals surface area contributed by atoms with Gasteiger partial charge in [0.1, 0.15) is 6.10 Å². The smallest absolute Gasteiger partial charge is 0.223 e. The predicted molar refractivity (Wildman–Crippen MR) is 93.9 cm³/mol. The number of hydrogen-bond donors (Lipinski definition) is 2. The third-order valence-electron chi connectivity index (χ3n) is 4.77. The molecule has 0 spiro atoms. The van der Waals surface area contributed by atoms with E-state index in [1.165, 1.54) is 11.1 Å². The van der Waals surface area contributed by atoms with Gasteiger partial charge in [0.15, 0.2) is 0 Å². The van der Waals surface area contributed by atoms with Crippen molar-refractivity contribution in [2.45, 2.75) is 44.8 Å². The molecule has 0 aromatic heterocycles. The van der Waals surface area contributed by atoms with Crippen LogP contribution < -0.4 is 10.6 Å². The van der Waals surface area contributed by atoms with Crippen molar-refractivity contribution in [2.24, 2.45) is 5.92 Å². The third kappa shape index (κ3) is 4.69. The number of piperidine rings is 1. The number of aryl methyl sites for hydroxylation is 1. The van der Waals surface area contributed by atoms with Gasteiger partial charge in [0.25, 0.3) is 0 Å². The average Bonchev–Trinajstić information content (AvgIpc) is 2.57. The van der Waals surface area contributed by atoms with Gasteiger partial charge in [-0.05, 0) is 51.3 Å². The number of benzene rings is 1. The molecule has 2 fully saturated rings. The Balaban J connectivity index is 0.00000192. The van der Waals surface area contributed by atoms with Gasteiger partial charge in [0.2, 0.25) is 5.91 Å². The van der Waals surface area contributed by atoms with Gasteiger partial charge in [-0.1, -0.05) is 29.8 Å². The second-order valence-corrected chi connectivity index (χ2v) is 6.48. The average molecular weight is 339 g/mol. The molecule has 2 N–H and O–H groups in total. The number of hydrogen-bond acceptors (Lipinski definition) is 3. The molecule has 128 valence electrons. The van der Waals surface area contributed by atoms with Crippen LogP contribution in [0.3, 0.4) is 0 Å². The van der Waals surface area contributed by atoms with Crippen molar-refractivity contribution in [3.63, 3.8) is 0 Å². The zero-order valence-electron chi connectivity index (χ0n) is 13.7. The molecule has 1 amide bonds. The summed E-state index contributed by atoms with van der Waals surface area (Å²) in [6.45, 7) is 4.75. The number of halogens is 1. The van der Waals surface area contributed by atoms with Gasteiger partial charge in [-0.3, -0.25) is 4.79 Å². The van der Waals surface area contributed by atoms with E-state index < -0.39 is 0 Å². The lowest BCUT2D eigenvalue weighted by Gasteiger charge is -2.34. The highest BCUT2D eigenvalue weighted by molar-refractivity contribution is 5.85. The highest BCUT2D eigenvalue weighted by atomic mass is 35.5. The van der Waals surface area contributed by atoms with Crippen LogP contribution >= 0.6 is 12.4 Å². The molecule has 4 nitrogen and oxygen atoms in total. The molecule has 2 saturated heterocycles. The Kier molecular flexibility index (Phi) is 6.88. The second-order valence-electron chi connectivity index (χ2n) is 6.48. The molecule has 5 heteroatoms. The van der Waals surface area contributed by atoms with E-state index in [1.54, 1.807) is 0 Å². The van der Waals surface area contributed by atoms with E-state index in [9.17, 15) is 4.79 Å². The van der Waals surface area contributed by atoms with Crippen molar-refractivity contribution in [2.75, 3.05) is 19.7 Å². The Morgan fingerprint density at radius 3 is 2.57 bits per heavy atom. The Labute approximate surface area is 144 Å². The van der Waals surface area contributed by atoms with Gasteiger partial charge >= 0.3 is 0 Å². The second kappa shape index (κ2) is 8.67. The quantitative estimate of drug-likeness (QED) is 0.891. The van der Waals surface area contributed by atoms with Crippen LogP contribution in [0.15, 0.2) is 24.3 Å². The van der Waals surface area contributed by atoms with Crippen molar-refractivity contribution in [3.05, 3.63) is 35.4 Å². The van der Waals surface area contributed by atoms with Crippen LogP contribution in [0.4, 0.5) is 0 Å². The third-order valence-corrected chi connectivity index (χ3v) is 4.77. The number of amides is 1. The molecule has 23 heavy (non-hydrogen) atoms. The first-order valence-electron chi connectivity index (χ1n) is 8.43. The van der Waals surface area contributed by atoms with Gasteiger partial charge in [-0.25, -0.2) is 0 Å². The molecular weight excluding hydrogens is 312 g/mol. The molecule has 2 atom stereocenters. The van der Waals surface area contributed by atoms with Crippen molar-refractivity contribution in [1.29, 1.82) is 0 Å². The summed E-state index contributed by atoms with van der Waals surface area (Å²) in [5, 5.41) is 6.57. The molecular formula is C18H27ClN2O2. The summed E-state index contributed by atoms with van der Waals surface area (Å²) in [6.07, 6.45) is 3.87. The van der Waals surface area contributed by atoms with Crippen LogP contribution in [-0.2, 0) is 9.53 Å². The van der Waals surface area contributed by atoms with Crippen molar-refractivity contribution in [1.82, 2.24) is 10.6 Å². The molecule has 2 unspecified atom stereocenters. The minimum absolute atomic E-state index is 0. The summed E-state index contributed by atoms with van der Waals surface area (Å²) in [5.74, 6) is 0.357. The Hall–Kier alpha value is -1.10. The van der Waals surface area contributed by atoms with Crippen molar-refractivity contribution >= 4 is 18.3 Å². The topological polar surface area (TPSA) is 50.4 Å². The lowest BCUT2D eigenvalue weighted by Crippen LogP contribution is -2.47. The molecule has 2 aliphatic heterocycles. The van der Waals surface area contributed by atoms with Gasteiger partial charge in [-0.15, -0.1) is 12.4 Å². The van der Waals surface area contributed by atoms with E-state index in [1.807, 2.05) is 0 Å². The van der Waals surface area contributed by atoms with E-state index in [4.69, 9.17) is 4.74 Å². The fourth-order valence-corrected chi connectivity index (χ4v) is 3.40. The zero-order chi connectivity index (χ0) is 15.4. The van der Waals surface area contributed by atoms with E-state index in [0.717, 1.165) is 45.4 Å². The number of ether oxygens (including phenoxy) is 1. The molecule has 0 saturated carbocycles. The van der Waals surface area contributed by atoms with Crippen molar-refractivity contribution in [3.8, 4) is 0 Å².